The summed E-state index contributed by atoms with van der Waals surface area (Å²) in [6, 6.07) is 3.93. The number of alkyl halides is 1. The Hall–Kier alpha value is -0.630. The fraction of sp³-hybridized carbons (Fsp3) is 0.500. The molecule has 0 spiro atoms. The number of benzene rings is 1. The molecule has 2 rings (SSSR count). The fourth-order valence-electron chi connectivity index (χ4n) is 1.97. The molecule has 1 unspecified atom stereocenters. The predicted octanol–water partition coefficient (Wildman–Crippen LogP) is 4.43. The lowest BCUT2D eigenvalue weighted by molar-refractivity contribution is 0.464. The molecule has 82 valence electrons. The molecule has 1 atom stereocenters. The van der Waals surface area contributed by atoms with Crippen LogP contribution in [0.25, 0.3) is 0 Å². The second-order valence-corrected chi connectivity index (χ2v) is 4.69. The SMILES string of the molecule is CCC1(C(Cl)c2ccc(F)c(F)c2)CC1. The highest BCUT2D eigenvalue weighted by Crippen LogP contribution is 2.60. The van der Waals surface area contributed by atoms with Crippen LogP contribution in [0.1, 0.15) is 37.1 Å². The first-order valence-electron chi connectivity index (χ1n) is 5.18. The molecule has 1 aliphatic rings. The van der Waals surface area contributed by atoms with Gasteiger partial charge in [-0.25, -0.2) is 8.78 Å². The minimum Gasteiger partial charge on any atom is -0.204 e. The molecule has 0 amide bonds. The lowest BCUT2D eigenvalue weighted by Crippen LogP contribution is -2.08. The Morgan fingerprint density at radius 2 is 2.00 bits per heavy atom. The van der Waals surface area contributed by atoms with Gasteiger partial charge in [-0.3, -0.25) is 0 Å². The quantitative estimate of drug-likeness (QED) is 0.674. The number of hydrogen-bond donors (Lipinski definition) is 0. The summed E-state index contributed by atoms with van der Waals surface area (Å²) in [4.78, 5) is 0. The second-order valence-electron chi connectivity index (χ2n) is 4.25. The summed E-state index contributed by atoms with van der Waals surface area (Å²) in [5.74, 6) is -1.63. The predicted molar refractivity (Wildman–Crippen MR) is 56.9 cm³/mol. The summed E-state index contributed by atoms with van der Waals surface area (Å²) < 4.78 is 25.8. The molecule has 0 N–H and O–H groups in total. The molecule has 0 aromatic heterocycles. The van der Waals surface area contributed by atoms with Crippen LogP contribution in [0, 0.1) is 17.0 Å². The lowest BCUT2D eigenvalue weighted by atomic mass is 9.93. The van der Waals surface area contributed by atoms with Gasteiger partial charge in [0.1, 0.15) is 0 Å². The molecule has 0 bridgehead atoms. The van der Waals surface area contributed by atoms with Gasteiger partial charge in [0.2, 0.25) is 0 Å². The normalized spacial score (nSPS) is 20.0. The Morgan fingerprint density at radius 3 is 2.47 bits per heavy atom. The molecule has 1 aliphatic carbocycles. The highest BCUT2D eigenvalue weighted by molar-refractivity contribution is 6.21. The minimum atomic E-state index is -0.816. The number of halogens is 3. The van der Waals surface area contributed by atoms with Crippen LogP contribution in [0.15, 0.2) is 18.2 Å². The second kappa shape index (κ2) is 3.75. The molecule has 0 radical (unpaired) electrons. The van der Waals surface area contributed by atoms with Gasteiger partial charge in [0, 0.05) is 0 Å². The van der Waals surface area contributed by atoms with Crippen molar-refractivity contribution in [1.82, 2.24) is 0 Å². The summed E-state index contributed by atoms with van der Waals surface area (Å²) in [7, 11) is 0. The van der Waals surface area contributed by atoms with Gasteiger partial charge in [0.15, 0.2) is 11.6 Å². The van der Waals surface area contributed by atoms with E-state index >= 15 is 0 Å². The molecule has 1 aromatic carbocycles. The van der Waals surface area contributed by atoms with Crippen molar-refractivity contribution in [3.63, 3.8) is 0 Å². The van der Waals surface area contributed by atoms with Gasteiger partial charge in [-0.15, -0.1) is 11.6 Å². The third-order valence-corrected chi connectivity index (χ3v) is 4.09. The van der Waals surface area contributed by atoms with Crippen LogP contribution in [0.3, 0.4) is 0 Å². The first kappa shape index (κ1) is 10.9. The molecular weight excluding hydrogens is 218 g/mol. The van der Waals surface area contributed by atoms with E-state index in [-0.39, 0.29) is 10.8 Å². The van der Waals surface area contributed by atoms with E-state index in [2.05, 4.69) is 6.92 Å². The van der Waals surface area contributed by atoms with Gasteiger partial charge in [-0.05, 0) is 42.4 Å². The Labute approximate surface area is 93.2 Å². The standard InChI is InChI=1S/C12H13ClF2/c1-2-12(5-6-12)11(13)8-3-4-9(14)10(15)7-8/h3-4,7,11H,2,5-6H2,1H3. The van der Waals surface area contributed by atoms with Gasteiger partial charge in [0.25, 0.3) is 0 Å². The van der Waals surface area contributed by atoms with Crippen LogP contribution in [0.2, 0.25) is 0 Å². The molecule has 15 heavy (non-hydrogen) atoms. The molecule has 1 aromatic rings. The first-order valence-corrected chi connectivity index (χ1v) is 5.62. The smallest absolute Gasteiger partial charge is 0.159 e. The largest absolute Gasteiger partial charge is 0.204 e. The molecule has 3 heteroatoms. The van der Waals surface area contributed by atoms with Crippen molar-refractivity contribution in [2.75, 3.05) is 0 Å². The van der Waals surface area contributed by atoms with E-state index in [1.54, 1.807) is 6.07 Å². The van der Waals surface area contributed by atoms with E-state index in [4.69, 9.17) is 11.6 Å². The Kier molecular flexibility index (Phi) is 2.72. The van der Waals surface area contributed by atoms with Crippen LogP contribution >= 0.6 is 11.6 Å². The van der Waals surface area contributed by atoms with E-state index < -0.39 is 11.6 Å². The van der Waals surface area contributed by atoms with Crippen LogP contribution in [-0.2, 0) is 0 Å². The van der Waals surface area contributed by atoms with E-state index in [0.29, 0.717) is 5.56 Å². The fourth-order valence-corrected chi connectivity index (χ4v) is 2.48. The van der Waals surface area contributed by atoms with Gasteiger partial charge < -0.3 is 0 Å². The summed E-state index contributed by atoms with van der Waals surface area (Å²) in [5, 5.41) is -0.197. The van der Waals surface area contributed by atoms with Crippen molar-refractivity contribution in [2.45, 2.75) is 31.6 Å². The van der Waals surface area contributed by atoms with E-state index in [1.807, 2.05) is 0 Å². The molecule has 0 heterocycles. The van der Waals surface area contributed by atoms with Crippen molar-refractivity contribution in [3.8, 4) is 0 Å². The van der Waals surface area contributed by atoms with Crippen LogP contribution in [0.5, 0.6) is 0 Å². The van der Waals surface area contributed by atoms with Gasteiger partial charge in [0.05, 0.1) is 5.38 Å². The maximum atomic E-state index is 13.0. The van der Waals surface area contributed by atoms with Crippen molar-refractivity contribution < 1.29 is 8.78 Å². The van der Waals surface area contributed by atoms with E-state index in [0.717, 1.165) is 25.3 Å². The number of hydrogen-bond acceptors (Lipinski definition) is 0. The molecule has 0 aliphatic heterocycles. The zero-order valence-corrected chi connectivity index (χ0v) is 9.32. The molecule has 0 nitrogen and oxygen atoms in total. The van der Waals surface area contributed by atoms with Crippen LogP contribution in [-0.4, -0.2) is 0 Å². The zero-order valence-electron chi connectivity index (χ0n) is 8.56. The van der Waals surface area contributed by atoms with Gasteiger partial charge >= 0.3 is 0 Å². The first-order chi connectivity index (χ1) is 7.09. The maximum absolute atomic E-state index is 13.0. The molecule has 1 saturated carbocycles. The Morgan fingerprint density at radius 1 is 1.33 bits per heavy atom. The Bertz CT molecular complexity index is 372. The zero-order chi connectivity index (χ0) is 11.1. The third kappa shape index (κ3) is 1.87. The Balaban J connectivity index is 2.26. The molecule has 1 fully saturated rings. The molecule has 0 saturated heterocycles. The highest BCUT2D eigenvalue weighted by atomic mass is 35.5. The van der Waals surface area contributed by atoms with Crippen molar-refractivity contribution in [3.05, 3.63) is 35.4 Å². The average molecular weight is 231 g/mol. The van der Waals surface area contributed by atoms with E-state index in [1.165, 1.54) is 6.07 Å². The summed E-state index contributed by atoms with van der Waals surface area (Å²) in [6.45, 7) is 2.09. The summed E-state index contributed by atoms with van der Waals surface area (Å²) in [5.41, 5.74) is 0.807. The van der Waals surface area contributed by atoms with Crippen LogP contribution < -0.4 is 0 Å². The van der Waals surface area contributed by atoms with Gasteiger partial charge in [-0.2, -0.15) is 0 Å². The maximum Gasteiger partial charge on any atom is 0.159 e. The lowest BCUT2D eigenvalue weighted by Gasteiger charge is -2.20. The minimum absolute atomic E-state index is 0.117. The highest BCUT2D eigenvalue weighted by Gasteiger charge is 2.47. The average Bonchev–Trinajstić information content (AvgIpc) is 3.02. The summed E-state index contributed by atoms with van der Waals surface area (Å²) >= 11 is 6.30. The monoisotopic (exact) mass is 230 g/mol. The molecular formula is C12H13ClF2. The van der Waals surface area contributed by atoms with Crippen molar-refractivity contribution in [2.24, 2.45) is 5.41 Å². The topological polar surface area (TPSA) is 0 Å². The van der Waals surface area contributed by atoms with Crippen molar-refractivity contribution >= 4 is 11.6 Å². The van der Waals surface area contributed by atoms with E-state index in [9.17, 15) is 8.78 Å². The van der Waals surface area contributed by atoms with Gasteiger partial charge in [-0.1, -0.05) is 13.0 Å². The van der Waals surface area contributed by atoms with Crippen molar-refractivity contribution in [1.29, 1.82) is 0 Å². The van der Waals surface area contributed by atoms with Crippen LogP contribution in [0.4, 0.5) is 8.78 Å². The number of rotatable bonds is 3. The third-order valence-electron chi connectivity index (χ3n) is 3.37. The summed E-state index contributed by atoms with van der Waals surface area (Å²) in [6.07, 6.45) is 3.15.